The summed E-state index contributed by atoms with van der Waals surface area (Å²) in [4.78, 5) is 19.5. The van der Waals surface area contributed by atoms with Crippen LogP contribution in [0.5, 0.6) is 0 Å². The minimum Gasteiger partial charge on any atom is -0.354 e. The normalized spacial score (nSPS) is 25.5. The molecule has 3 atom stereocenters. The molecule has 3 rings (SSSR count). The second-order valence-electron chi connectivity index (χ2n) is 9.31. The number of H-pyrrole nitrogens is 1. The predicted octanol–water partition coefficient (Wildman–Crippen LogP) is 4.11. The molecule has 0 bridgehead atoms. The van der Waals surface area contributed by atoms with Crippen LogP contribution < -0.4 is 5.69 Å². The average Bonchev–Trinajstić information content (AvgIpc) is 3.01. The van der Waals surface area contributed by atoms with Gasteiger partial charge in [0.05, 0.1) is 6.10 Å². The van der Waals surface area contributed by atoms with Gasteiger partial charge in [0.25, 0.3) is 0 Å². The Balaban J connectivity index is 1.93. The van der Waals surface area contributed by atoms with Crippen molar-refractivity contribution in [3.63, 3.8) is 0 Å². The van der Waals surface area contributed by atoms with Gasteiger partial charge < -0.3 is 9.72 Å². The van der Waals surface area contributed by atoms with Gasteiger partial charge in [0.2, 0.25) is 0 Å². The zero-order valence-corrected chi connectivity index (χ0v) is 15.6. The first kappa shape index (κ1) is 17.2. The minimum absolute atomic E-state index is 0.139. The molecule has 1 N–H and O–H groups in total. The number of rotatable bonds is 2. The first-order valence-electron chi connectivity index (χ1n) is 8.76. The van der Waals surface area contributed by atoms with E-state index < -0.39 is 0 Å². The van der Waals surface area contributed by atoms with E-state index in [4.69, 9.17) is 4.74 Å². The van der Waals surface area contributed by atoms with Crippen LogP contribution in [0.25, 0.3) is 11.0 Å². The predicted molar refractivity (Wildman–Crippen MR) is 95.9 cm³/mol. The largest absolute Gasteiger partial charge is 0.354 e. The monoisotopic (exact) mass is 331 g/mol. The number of nitrogens with one attached hydrogen (secondary N) is 1. The molecule has 0 spiro atoms. The maximum Gasteiger partial charge on any atom is 0.351 e. The van der Waals surface area contributed by atoms with Crippen molar-refractivity contribution in [2.45, 2.75) is 66.7 Å². The Morgan fingerprint density at radius 3 is 2.62 bits per heavy atom. The Bertz CT molecular complexity index is 776. The van der Waals surface area contributed by atoms with Gasteiger partial charge >= 0.3 is 5.69 Å². The van der Waals surface area contributed by atoms with E-state index in [9.17, 15) is 4.79 Å². The number of fused-ring (bicyclic) bond motifs is 1. The topological polar surface area (TPSA) is 59.9 Å². The maximum atomic E-state index is 12.4. The fraction of sp³-hybridized carbons (Fsp3) is 0.684. The lowest BCUT2D eigenvalue weighted by atomic mass is 9.73. The van der Waals surface area contributed by atoms with E-state index in [-0.39, 0.29) is 28.9 Å². The Morgan fingerprint density at radius 2 is 2.00 bits per heavy atom. The molecule has 0 saturated carbocycles. The molecule has 0 aliphatic carbocycles. The smallest absolute Gasteiger partial charge is 0.351 e. The van der Waals surface area contributed by atoms with Crippen molar-refractivity contribution < 1.29 is 4.74 Å². The lowest BCUT2D eigenvalue weighted by Crippen LogP contribution is -2.31. The Kier molecular flexibility index (Phi) is 4.11. The third kappa shape index (κ3) is 3.41. The molecule has 0 aromatic carbocycles. The highest BCUT2D eigenvalue weighted by atomic mass is 16.5. The summed E-state index contributed by atoms with van der Waals surface area (Å²) in [6, 6.07) is 1.93. The molecule has 24 heavy (non-hydrogen) atoms. The lowest BCUT2D eigenvalue weighted by Gasteiger charge is -2.33. The molecule has 1 unspecified atom stereocenters. The molecule has 0 amide bonds. The summed E-state index contributed by atoms with van der Waals surface area (Å²) in [6.07, 6.45) is 5.43. The SMILES string of the molecule is CC(C)(C)C[C@H]1O[C@@H](n2cc3cc[nH]c3nc2=O)CC1C(C)(C)C. The molecule has 2 aromatic rings. The van der Waals surface area contributed by atoms with Crippen LogP contribution in [0.4, 0.5) is 0 Å². The van der Waals surface area contributed by atoms with Crippen LogP contribution in [-0.4, -0.2) is 20.6 Å². The van der Waals surface area contributed by atoms with Gasteiger partial charge in [0, 0.05) is 17.8 Å². The Labute approximate surface area is 143 Å². The minimum atomic E-state index is -0.251. The number of hydrogen-bond donors (Lipinski definition) is 1. The van der Waals surface area contributed by atoms with E-state index >= 15 is 0 Å². The molecule has 1 fully saturated rings. The molecule has 5 nitrogen and oxygen atoms in total. The van der Waals surface area contributed by atoms with Crippen LogP contribution >= 0.6 is 0 Å². The van der Waals surface area contributed by atoms with Gasteiger partial charge in [-0.25, -0.2) is 4.79 Å². The number of hydrogen-bond acceptors (Lipinski definition) is 3. The third-order valence-electron chi connectivity index (χ3n) is 4.94. The first-order valence-corrected chi connectivity index (χ1v) is 8.76. The van der Waals surface area contributed by atoms with E-state index in [1.165, 1.54) is 0 Å². The van der Waals surface area contributed by atoms with Gasteiger partial charge in [-0.2, -0.15) is 4.98 Å². The fourth-order valence-electron chi connectivity index (χ4n) is 3.74. The highest BCUT2D eigenvalue weighted by Gasteiger charge is 2.44. The Morgan fingerprint density at radius 1 is 1.29 bits per heavy atom. The van der Waals surface area contributed by atoms with Crippen molar-refractivity contribution in [1.29, 1.82) is 0 Å². The molecule has 5 heteroatoms. The highest BCUT2D eigenvalue weighted by Crippen LogP contribution is 2.46. The van der Waals surface area contributed by atoms with Crippen LogP contribution in [0.3, 0.4) is 0 Å². The van der Waals surface area contributed by atoms with E-state index in [0.29, 0.717) is 11.6 Å². The van der Waals surface area contributed by atoms with Crippen LogP contribution in [0.2, 0.25) is 0 Å². The van der Waals surface area contributed by atoms with E-state index in [1.807, 2.05) is 12.3 Å². The lowest BCUT2D eigenvalue weighted by molar-refractivity contribution is -0.0339. The van der Waals surface area contributed by atoms with Crippen molar-refractivity contribution in [3.05, 3.63) is 28.9 Å². The average molecular weight is 331 g/mol. The summed E-state index contributed by atoms with van der Waals surface area (Å²) in [6.45, 7) is 13.5. The van der Waals surface area contributed by atoms with E-state index in [0.717, 1.165) is 18.2 Å². The molecule has 2 aromatic heterocycles. The highest BCUT2D eigenvalue weighted by molar-refractivity contribution is 5.73. The number of aromatic amines is 1. The van der Waals surface area contributed by atoms with Gasteiger partial charge in [-0.1, -0.05) is 41.5 Å². The van der Waals surface area contributed by atoms with E-state index in [2.05, 4.69) is 51.5 Å². The summed E-state index contributed by atoms with van der Waals surface area (Å²) < 4.78 is 8.05. The molecule has 132 valence electrons. The molecular formula is C19H29N3O2. The quantitative estimate of drug-likeness (QED) is 0.901. The van der Waals surface area contributed by atoms with Crippen LogP contribution in [-0.2, 0) is 4.74 Å². The molecular weight excluding hydrogens is 302 g/mol. The van der Waals surface area contributed by atoms with Crippen LogP contribution in [0.1, 0.15) is 60.6 Å². The summed E-state index contributed by atoms with van der Waals surface area (Å²) in [7, 11) is 0. The summed E-state index contributed by atoms with van der Waals surface area (Å²) in [5, 5.41) is 0.935. The molecule has 1 saturated heterocycles. The van der Waals surface area contributed by atoms with Crippen molar-refractivity contribution in [1.82, 2.24) is 14.5 Å². The fourth-order valence-corrected chi connectivity index (χ4v) is 3.74. The number of ether oxygens (including phenoxy) is 1. The summed E-state index contributed by atoms with van der Waals surface area (Å²) in [5.41, 5.74) is 0.711. The van der Waals surface area contributed by atoms with Gasteiger partial charge in [-0.15, -0.1) is 0 Å². The third-order valence-corrected chi connectivity index (χ3v) is 4.94. The zero-order valence-electron chi connectivity index (χ0n) is 15.6. The molecule has 0 radical (unpaired) electrons. The maximum absolute atomic E-state index is 12.4. The summed E-state index contributed by atoms with van der Waals surface area (Å²) >= 11 is 0. The zero-order chi connectivity index (χ0) is 17.7. The Hall–Kier alpha value is -1.62. The molecule has 3 heterocycles. The second kappa shape index (κ2) is 5.73. The van der Waals surface area contributed by atoms with Crippen molar-refractivity contribution in [2.24, 2.45) is 16.7 Å². The molecule has 1 aliphatic rings. The van der Waals surface area contributed by atoms with Gasteiger partial charge in [-0.05, 0) is 35.7 Å². The summed E-state index contributed by atoms with van der Waals surface area (Å²) in [5.74, 6) is 0.413. The van der Waals surface area contributed by atoms with Gasteiger partial charge in [0.1, 0.15) is 11.9 Å². The van der Waals surface area contributed by atoms with E-state index in [1.54, 1.807) is 10.8 Å². The van der Waals surface area contributed by atoms with Gasteiger partial charge in [-0.3, -0.25) is 4.57 Å². The van der Waals surface area contributed by atoms with Crippen LogP contribution in [0, 0.1) is 16.7 Å². The number of aromatic nitrogens is 3. The van der Waals surface area contributed by atoms with Crippen LogP contribution in [0.15, 0.2) is 23.3 Å². The first-order chi connectivity index (χ1) is 11.0. The van der Waals surface area contributed by atoms with Gasteiger partial charge in [0.15, 0.2) is 0 Å². The standard InChI is InChI=1S/C19H29N3O2/c1-18(2,3)10-14-13(19(4,5)6)9-15(24-14)22-11-12-7-8-20-16(12)21-17(22)23/h7-8,11,13-15H,9-10H2,1-6H3,(H,20,21,23)/t13?,14-,15-/m1/s1. The van der Waals surface area contributed by atoms with Crippen molar-refractivity contribution in [3.8, 4) is 0 Å². The molecule has 1 aliphatic heterocycles. The second-order valence-corrected chi connectivity index (χ2v) is 9.31. The van der Waals surface area contributed by atoms with Crippen molar-refractivity contribution >= 4 is 11.0 Å². The number of nitrogens with zero attached hydrogens (tertiary/aromatic N) is 2. The van der Waals surface area contributed by atoms with Crippen molar-refractivity contribution in [2.75, 3.05) is 0 Å².